The summed E-state index contributed by atoms with van der Waals surface area (Å²) in [4.78, 5) is 2.36. The molecule has 1 aliphatic heterocycles. The Labute approximate surface area is 127 Å². The smallest absolute Gasteiger partial charge is 0.127 e. The van der Waals surface area contributed by atoms with E-state index >= 15 is 0 Å². The highest BCUT2D eigenvalue weighted by Gasteiger charge is 2.18. The van der Waals surface area contributed by atoms with Crippen molar-refractivity contribution in [2.24, 2.45) is 5.92 Å². The van der Waals surface area contributed by atoms with Crippen molar-refractivity contribution >= 4 is 0 Å². The molecule has 1 aliphatic rings. The number of ether oxygens (including phenoxy) is 1. The molecular formula is C17H27FN2O. The first kappa shape index (κ1) is 16.4. The lowest BCUT2D eigenvalue weighted by atomic mass is 9.99. The van der Waals surface area contributed by atoms with Crippen LogP contribution in [0.3, 0.4) is 0 Å². The molecule has 21 heavy (non-hydrogen) atoms. The van der Waals surface area contributed by atoms with Crippen molar-refractivity contribution in [2.75, 3.05) is 40.4 Å². The first-order valence-electron chi connectivity index (χ1n) is 7.88. The number of hydrogen-bond donors (Lipinski definition) is 1. The molecule has 1 aromatic rings. The van der Waals surface area contributed by atoms with Gasteiger partial charge in [0.05, 0.1) is 0 Å². The highest BCUT2D eigenvalue weighted by atomic mass is 19.1. The number of benzene rings is 1. The topological polar surface area (TPSA) is 24.5 Å². The first-order chi connectivity index (χ1) is 10.2. The van der Waals surface area contributed by atoms with Crippen LogP contribution >= 0.6 is 0 Å². The molecule has 1 fully saturated rings. The summed E-state index contributed by atoms with van der Waals surface area (Å²) >= 11 is 0. The average molecular weight is 294 g/mol. The van der Waals surface area contributed by atoms with E-state index in [9.17, 15) is 4.39 Å². The third-order valence-electron chi connectivity index (χ3n) is 4.34. The lowest BCUT2D eigenvalue weighted by Gasteiger charge is -2.28. The Morgan fingerprint density at radius 3 is 2.71 bits per heavy atom. The van der Waals surface area contributed by atoms with Gasteiger partial charge >= 0.3 is 0 Å². The van der Waals surface area contributed by atoms with Gasteiger partial charge in [0.25, 0.3) is 0 Å². The summed E-state index contributed by atoms with van der Waals surface area (Å²) in [5.41, 5.74) is 0.763. The standard InChI is InChI=1S/C17H27FN2O/c1-19-17(15-5-3-4-6-16(15)18)7-10-20(2)13-14-8-11-21-12-9-14/h3-6,14,17,19H,7-13H2,1-2H3. The zero-order chi connectivity index (χ0) is 15.1. The highest BCUT2D eigenvalue weighted by molar-refractivity contribution is 5.21. The molecule has 1 aromatic carbocycles. The van der Waals surface area contributed by atoms with E-state index in [1.54, 1.807) is 6.07 Å². The first-order valence-corrected chi connectivity index (χ1v) is 7.88. The van der Waals surface area contributed by atoms with Gasteiger partial charge in [0.1, 0.15) is 5.82 Å². The number of nitrogens with zero attached hydrogens (tertiary/aromatic N) is 1. The molecule has 0 spiro atoms. The van der Waals surface area contributed by atoms with Gasteiger partial charge in [-0.3, -0.25) is 0 Å². The molecule has 1 atom stereocenters. The van der Waals surface area contributed by atoms with Crippen LogP contribution < -0.4 is 5.32 Å². The maximum Gasteiger partial charge on any atom is 0.127 e. The lowest BCUT2D eigenvalue weighted by molar-refractivity contribution is 0.0553. The Kier molecular flexibility index (Phi) is 6.61. The average Bonchev–Trinajstić information content (AvgIpc) is 2.50. The van der Waals surface area contributed by atoms with Gasteiger partial charge in [0, 0.05) is 31.4 Å². The van der Waals surface area contributed by atoms with Crippen molar-refractivity contribution in [1.29, 1.82) is 0 Å². The Morgan fingerprint density at radius 1 is 1.33 bits per heavy atom. The van der Waals surface area contributed by atoms with Crippen LogP contribution in [-0.2, 0) is 4.74 Å². The second-order valence-corrected chi connectivity index (χ2v) is 5.97. The van der Waals surface area contributed by atoms with E-state index in [-0.39, 0.29) is 11.9 Å². The predicted molar refractivity (Wildman–Crippen MR) is 83.9 cm³/mol. The molecule has 1 saturated heterocycles. The fourth-order valence-electron chi connectivity index (χ4n) is 3.02. The summed E-state index contributed by atoms with van der Waals surface area (Å²) in [5, 5.41) is 3.23. The molecule has 1 heterocycles. The van der Waals surface area contributed by atoms with Crippen LogP contribution in [0.15, 0.2) is 24.3 Å². The van der Waals surface area contributed by atoms with Crippen LogP contribution in [-0.4, -0.2) is 45.3 Å². The van der Waals surface area contributed by atoms with E-state index in [0.29, 0.717) is 0 Å². The van der Waals surface area contributed by atoms with Crippen molar-refractivity contribution in [1.82, 2.24) is 10.2 Å². The molecule has 4 heteroatoms. The van der Waals surface area contributed by atoms with E-state index in [2.05, 4.69) is 17.3 Å². The molecule has 0 aliphatic carbocycles. The van der Waals surface area contributed by atoms with Gasteiger partial charge in [-0.05, 0) is 51.9 Å². The van der Waals surface area contributed by atoms with Gasteiger partial charge in [-0.15, -0.1) is 0 Å². The fraction of sp³-hybridized carbons (Fsp3) is 0.647. The van der Waals surface area contributed by atoms with Crippen LogP contribution in [0.25, 0.3) is 0 Å². The largest absolute Gasteiger partial charge is 0.381 e. The van der Waals surface area contributed by atoms with Gasteiger partial charge in [-0.1, -0.05) is 18.2 Å². The fourth-order valence-corrected chi connectivity index (χ4v) is 3.02. The summed E-state index contributed by atoms with van der Waals surface area (Å²) in [6.45, 7) is 3.87. The number of nitrogens with one attached hydrogen (secondary N) is 1. The molecular weight excluding hydrogens is 267 g/mol. The van der Waals surface area contributed by atoms with Gasteiger partial charge in [-0.2, -0.15) is 0 Å². The van der Waals surface area contributed by atoms with Gasteiger partial charge in [0.15, 0.2) is 0 Å². The monoisotopic (exact) mass is 294 g/mol. The Morgan fingerprint density at radius 2 is 2.05 bits per heavy atom. The quantitative estimate of drug-likeness (QED) is 0.837. The summed E-state index contributed by atoms with van der Waals surface area (Å²) in [6, 6.07) is 7.11. The van der Waals surface area contributed by atoms with E-state index in [1.165, 1.54) is 6.07 Å². The minimum atomic E-state index is -0.121. The summed E-state index contributed by atoms with van der Waals surface area (Å²) in [6.07, 6.45) is 3.23. The molecule has 1 unspecified atom stereocenters. The van der Waals surface area contributed by atoms with E-state index in [1.807, 2.05) is 19.2 Å². The molecule has 118 valence electrons. The van der Waals surface area contributed by atoms with Gasteiger partial charge in [-0.25, -0.2) is 4.39 Å². The van der Waals surface area contributed by atoms with Crippen LogP contribution in [0.2, 0.25) is 0 Å². The Bertz CT molecular complexity index is 421. The maximum absolute atomic E-state index is 13.9. The number of rotatable bonds is 7. The van der Waals surface area contributed by atoms with Gasteiger partial charge in [0.2, 0.25) is 0 Å². The number of halogens is 1. The second-order valence-electron chi connectivity index (χ2n) is 5.97. The van der Waals surface area contributed by atoms with Crippen molar-refractivity contribution in [3.63, 3.8) is 0 Å². The molecule has 0 aromatic heterocycles. The zero-order valence-electron chi connectivity index (χ0n) is 13.1. The minimum absolute atomic E-state index is 0.0725. The SMILES string of the molecule is CNC(CCN(C)CC1CCOCC1)c1ccccc1F. The van der Waals surface area contributed by atoms with Crippen LogP contribution in [0, 0.1) is 11.7 Å². The molecule has 3 nitrogen and oxygen atoms in total. The van der Waals surface area contributed by atoms with Crippen LogP contribution in [0.1, 0.15) is 30.9 Å². The predicted octanol–water partition coefficient (Wildman–Crippen LogP) is 2.83. The van der Waals surface area contributed by atoms with E-state index in [0.717, 1.165) is 57.0 Å². The van der Waals surface area contributed by atoms with Crippen LogP contribution in [0.5, 0.6) is 0 Å². The highest BCUT2D eigenvalue weighted by Crippen LogP contribution is 2.21. The summed E-state index contributed by atoms with van der Waals surface area (Å²) < 4.78 is 19.3. The Balaban J connectivity index is 1.81. The van der Waals surface area contributed by atoms with Crippen LogP contribution in [0.4, 0.5) is 4.39 Å². The normalized spacial score (nSPS) is 18.1. The second kappa shape index (κ2) is 8.47. The molecule has 0 radical (unpaired) electrons. The molecule has 1 N–H and O–H groups in total. The summed E-state index contributed by atoms with van der Waals surface area (Å²) in [5.74, 6) is 0.620. The van der Waals surface area contributed by atoms with Gasteiger partial charge < -0.3 is 15.0 Å². The van der Waals surface area contributed by atoms with E-state index in [4.69, 9.17) is 4.74 Å². The molecule has 0 bridgehead atoms. The third-order valence-corrected chi connectivity index (χ3v) is 4.34. The maximum atomic E-state index is 13.9. The van der Waals surface area contributed by atoms with Crippen molar-refractivity contribution in [2.45, 2.75) is 25.3 Å². The molecule has 0 saturated carbocycles. The lowest BCUT2D eigenvalue weighted by Crippen LogP contribution is -2.32. The number of hydrogen-bond acceptors (Lipinski definition) is 3. The van der Waals surface area contributed by atoms with E-state index < -0.39 is 0 Å². The molecule has 2 rings (SSSR count). The third kappa shape index (κ3) is 5.06. The zero-order valence-corrected chi connectivity index (χ0v) is 13.1. The van der Waals surface area contributed by atoms with Crippen molar-refractivity contribution in [3.8, 4) is 0 Å². The summed E-state index contributed by atoms with van der Waals surface area (Å²) in [7, 11) is 4.05. The Hall–Kier alpha value is -0.970. The van der Waals surface area contributed by atoms with Crippen molar-refractivity contribution in [3.05, 3.63) is 35.6 Å². The minimum Gasteiger partial charge on any atom is -0.381 e. The molecule has 0 amide bonds. The van der Waals surface area contributed by atoms with Crippen molar-refractivity contribution < 1.29 is 9.13 Å².